The molecule has 3 nitrogen and oxygen atoms in total. The van der Waals surface area contributed by atoms with Gasteiger partial charge >= 0.3 is 0 Å². The number of amides is 1. The van der Waals surface area contributed by atoms with Crippen LogP contribution in [0, 0.1) is 5.92 Å². The van der Waals surface area contributed by atoms with Crippen LogP contribution in [0.15, 0.2) is 24.3 Å². The fourth-order valence-corrected chi connectivity index (χ4v) is 3.07. The highest BCUT2D eigenvalue weighted by molar-refractivity contribution is 5.79. The molecule has 1 amide bonds. The molecule has 0 aromatic heterocycles. The summed E-state index contributed by atoms with van der Waals surface area (Å²) in [6.07, 6.45) is 4.27. The van der Waals surface area contributed by atoms with Crippen molar-refractivity contribution in [2.45, 2.75) is 31.7 Å². The Balaban J connectivity index is 1.65. The van der Waals surface area contributed by atoms with Crippen LogP contribution in [0.25, 0.3) is 0 Å². The zero-order chi connectivity index (χ0) is 12.4. The van der Waals surface area contributed by atoms with Gasteiger partial charge in [0.05, 0.1) is 12.0 Å². The summed E-state index contributed by atoms with van der Waals surface area (Å²) in [7, 11) is 0. The van der Waals surface area contributed by atoms with Crippen LogP contribution < -0.4 is 10.6 Å². The number of hydrogen-bond acceptors (Lipinski definition) is 2. The Labute approximate surface area is 108 Å². The molecule has 1 aromatic carbocycles. The summed E-state index contributed by atoms with van der Waals surface area (Å²) in [5.74, 6) is 0.385. The number of carbonyl (C=O) groups excluding carboxylic acids is 1. The van der Waals surface area contributed by atoms with E-state index in [1.807, 2.05) is 0 Å². The summed E-state index contributed by atoms with van der Waals surface area (Å²) >= 11 is 0. The average Bonchev–Trinajstić information content (AvgIpc) is 2.83. The lowest BCUT2D eigenvalue weighted by molar-refractivity contribution is -0.126. The molecule has 1 saturated heterocycles. The molecule has 0 saturated carbocycles. The van der Waals surface area contributed by atoms with Crippen LogP contribution in [0.5, 0.6) is 0 Å². The van der Waals surface area contributed by atoms with Crippen LogP contribution in [0.1, 0.15) is 36.4 Å². The molecule has 1 heterocycles. The quantitative estimate of drug-likeness (QED) is 0.832. The second-order valence-electron chi connectivity index (χ2n) is 5.34. The zero-order valence-electron chi connectivity index (χ0n) is 10.6. The molecule has 0 bridgehead atoms. The van der Waals surface area contributed by atoms with Crippen molar-refractivity contribution in [2.24, 2.45) is 5.92 Å². The highest BCUT2D eigenvalue weighted by Gasteiger charge is 2.27. The summed E-state index contributed by atoms with van der Waals surface area (Å²) in [6, 6.07) is 8.69. The normalized spacial score (nSPS) is 26.7. The van der Waals surface area contributed by atoms with E-state index < -0.39 is 0 Å². The van der Waals surface area contributed by atoms with Crippen LogP contribution in [-0.4, -0.2) is 19.0 Å². The van der Waals surface area contributed by atoms with Gasteiger partial charge < -0.3 is 10.6 Å². The predicted octanol–water partition coefficient (Wildman–Crippen LogP) is 1.79. The lowest BCUT2D eigenvalue weighted by Gasteiger charge is -2.24. The molecule has 0 radical (unpaired) electrons. The van der Waals surface area contributed by atoms with Crippen molar-refractivity contribution in [3.05, 3.63) is 35.4 Å². The number of aryl methyl sites for hydroxylation is 1. The minimum absolute atomic E-state index is 0.159. The molecule has 1 aliphatic heterocycles. The predicted molar refractivity (Wildman–Crippen MR) is 71.2 cm³/mol. The third-order valence-electron chi connectivity index (χ3n) is 4.12. The van der Waals surface area contributed by atoms with Crippen LogP contribution in [0.3, 0.4) is 0 Å². The van der Waals surface area contributed by atoms with Gasteiger partial charge in [-0.15, -0.1) is 0 Å². The summed E-state index contributed by atoms with van der Waals surface area (Å²) in [4.78, 5) is 12.2. The first-order valence-corrected chi connectivity index (χ1v) is 6.93. The van der Waals surface area contributed by atoms with Crippen molar-refractivity contribution >= 4 is 5.91 Å². The Bertz CT molecular complexity index is 438. The second kappa shape index (κ2) is 5.11. The van der Waals surface area contributed by atoms with Crippen molar-refractivity contribution in [3.63, 3.8) is 0 Å². The van der Waals surface area contributed by atoms with E-state index in [1.165, 1.54) is 11.1 Å². The smallest absolute Gasteiger partial charge is 0.224 e. The summed E-state index contributed by atoms with van der Waals surface area (Å²) < 4.78 is 0. The molecule has 18 heavy (non-hydrogen) atoms. The van der Waals surface area contributed by atoms with Crippen LogP contribution in [0.2, 0.25) is 0 Å². The Kier molecular flexibility index (Phi) is 3.33. The first kappa shape index (κ1) is 11.7. The number of fused-ring (bicyclic) bond motifs is 1. The van der Waals surface area contributed by atoms with E-state index in [9.17, 15) is 4.79 Å². The number of nitrogens with one attached hydrogen (secondary N) is 2. The number of carbonyl (C=O) groups is 1. The Morgan fingerprint density at radius 3 is 3.00 bits per heavy atom. The molecule has 2 atom stereocenters. The van der Waals surface area contributed by atoms with Crippen LogP contribution in [0.4, 0.5) is 0 Å². The molecular formula is C15H20N2O. The standard InChI is InChI=1S/C15H20N2O/c18-15(12-5-3-9-16-10-12)17-14-8-7-11-4-1-2-6-13(11)14/h1-2,4,6,12,14,16H,3,5,7-10H2,(H,17,18)/t12-,14?/m1/s1. The highest BCUT2D eigenvalue weighted by Crippen LogP contribution is 2.31. The summed E-state index contributed by atoms with van der Waals surface area (Å²) in [5.41, 5.74) is 2.71. The van der Waals surface area contributed by atoms with Crippen molar-refractivity contribution in [1.29, 1.82) is 0 Å². The third-order valence-corrected chi connectivity index (χ3v) is 4.12. The van der Waals surface area contributed by atoms with Gasteiger partial charge in [-0.25, -0.2) is 0 Å². The molecule has 1 fully saturated rings. The van der Waals surface area contributed by atoms with Crippen LogP contribution >= 0.6 is 0 Å². The van der Waals surface area contributed by atoms with Crippen molar-refractivity contribution in [3.8, 4) is 0 Å². The van der Waals surface area contributed by atoms with Gasteiger partial charge in [0.2, 0.25) is 5.91 Å². The third kappa shape index (κ3) is 2.27. The van der Waals surface area contributed by atoms with Gasteiger partial charge in [-0.2, -0.15) is 0 Å². The molecule has 0 spiro atoms. The fourth-order valence-electron chi connectivity index (χ4n) is 3.07. The maximum atomic E-state index is 12.2. The second-order valence-corrected chi connectivity index (χ2v) is 5.34. The molecule has 2 N–H and O–H groups in total. The Morgan fingerprint density at radius 2 is 2.17 bits per heavy atom. The SMILES string of the molecule is O=C(NC1CCc2ccccc21)[C@@H]1CCCNC1. The number of piperidine rings is 1. The maximum absolute atomic E-state index is 12.2. The van der Waals surface area contributed by atoms with E-state index in [4.69, 9.17) is 0 Å². The molecule has 3 rings (SSSR count). The highest BCUT2D eigenvalue weighted by atomic mass is 16.2. The minimum atomic E-state index is 0.159. The average molecular weight is 244 g/mol. The van der Waals surface area contributed by atoms with Gasteiger partial charge in [-0.3, -0.25) is 4.79 Å². The minimum Gasteiger partial charge on any atom is -0.349 e. The lowest BCUT2D eigenvalue weighted by atomic mass is 9.98. The van der Waals surface area contributed by atoms with Crippen molar-refractivity contribution < 1.29 is 4.79 Å². The Hall–Kier alpha value is -1.35. The van der Waals surface area contributed by atoms with Gasteiger partial charge in [0.15, 0.2) is 0 Å². The largest absolute Gasteiger partial charge is 0.349 e. The Morgan fingerprint density at radius 1 is 1.28 bits per heavy atom. The monoisotopic (exact) mass is 244 g/mol. The molecular weight excluding hydrogens is 224 g/mol. The molecule has 1 aromatic rings. The first-order valence-electron chi connectivity index (χ1n) is 6.93. The maximum Gasteiger partial charge on any atom is 0.224 e. The topological polar surface area (TPSA) is 41.1 Å². The number of hydrogen-bond donors (Lipinski definition) is 2. The van der Waals surface area contributed by atoms with Crippen molar-refractivity contribution in [1.82, 2.24) is 10.6 Å². The van der Waals surface area contributed by atoms with E-state index in [1.54, 1.807) is 0 Å². The van der Waals surface area contributed by atoms with E-state index in [0.717, 1.165) is 38.8 Å². The summed E-state index contributed by atoms with van der Waals surface area (Å²) in [5, 5.41) is 6.52. The van der Waals surface area contributed by atoms with Gasteiger partial charge in [0.25, 0.3) is 0 Å². The van der Waals surface area contributed by atoms with Gasteiger partial charge in [-0.05, 0) is 43.4 Å². The molecule has 3 heteroatoms. The van der Waals surface area contributed by atoms with Gasteiger partial charge in [0, 0.05) is 6.54 Å². The lowest BCUT2D eigenvalue weighted by Crippen LogP contribution is -2.41. The zero-order valence-corrected chi connectivity index (χ0v) is 10.6. The molecule has 2 aliphatic rings. The molecule has 96 valence electrons. The van der Waals surface area contributed by atoms with Gasteiger partial charge in [-0.1, -0.05) is 24.3 Å². The summed E-state index contributed by atoms with van der Waals surface area (Å²) in [6.45, 7) is 1.89. The number of benzene rings is 1. The van der Waals surface area contributed by atoms with E-state index in [-0.39, 0.29) is 17.9 Å². The number of rotatable bonds is 2. The van der Waals surface area contributed by atoms with Gasteiger partial charge in [0.1, 0.15) is 0 Å². The molecule has 1 aliphatic carbocycles. The van der Waals surface area contributed by atoms with E-state index >= 15 is 0 Å². The first-order chi connectivity index (χ1) is 8.84. The van der Waals surface area contributed by atoms with Crippen molar-refractivity contribution in [2.75, 3.05) is 13.1 Å². The van der Waals surface area contributed by atoms with E-state index in [0.29, 0.717) is 0 Å². The molecule has 1 unspecified atom stereocenters. The van der Waals surface area contributed by atoms with Crippen LogP contribution in [-0.2, 0) is 11.2 Å². The fraction of sp³-hybridized carbons (Fsp3) is 0.533. The van der Waals surface area contributed by atoms with E-state index in [2.05, 4.69) is 34.9 Å².